The number of nitrogens with two attached hydrogens (primary N) is 1. The number of aliphatic hydroxyl groups excluding tert-OH is 2. The van der Waals surface area contributed by atoms with E-state index in [0.29, 0.717) is 5.52 Å². The minimum atomic E-state index is -4.93. The minimum Gasteiger partial charge on any atom is -0.387 e. The maximum atomic E-state index is 10.7. The van der Waals surface area contributed by atoms with Crippen LogP contribution in [0.1, 0.15) is 6.23 Å². The summed E-state index contributed by atoms with van der Waals surface area (Å²) in [7, 11) is -14.2. The van der Waals surface area contributed by atoms with Gasteiger partial charge in [0.1, 0.15) is 30.2 Å². The quantitative estimate of drug-likeness (QED) is 0.178. The van der Waals surface area contributed by atoms with Crippen molar-refractivity contribution in [2.45, 2.75) is 24.5 Å². The van der Waals surface area contributed by atoms with Gasteiger partial charge in [0.25, 0.3) is 0 Å². The Morgan fingerprint density at radius 2 is 1.69 bits per heavy atom. The van der Waals surface area contributed by atoms with E-state index < -0.39 is 54.5 Å². The monoisotopic (exact) mass is 524 g/mol. The van der Waals surface area contributed by atoms with Gasteiger partial charge in [-0.15, -0.1) is 0 Å². The molecule has 2 aromatic heterocycles. The molecule has 3 rings (SSSR count). The summed E-state index contributed by atoms with van der Waals surface area (Å²) in [5.41, 5.74) is 6.25. The normalized spacial score (nSPS) is 24.4. The molecule has 11 N–H and O–H groups in total. The van der Waals surface area contributed by atoms with Crippen LogP contribution in [0.15, 0.2) is 12.7 Å². The fraction of sp³-hybridized carbons (Fsp3) is 0.500. The number of fused-ring (bicyclic) bond motifs is 1. The standard InChI is InChI=1S/C10H14N5O7P.H5NO6P2/c11-8-5-9(13-2-12-8)15(3-14-5)10-7(17)6(16)4(22-10)1-21-23(18,19)20;1-8(2,3)7-9(4,5)6/h2-4,6-7,10,16-17H,1H2,(H2,11,12,13)(H2,18,19,20);(H3,1,2,3)(H2,4,5,6)/t4-,6-,7-,10-;/m1./s1. The second-order valence-corrected chi connectivity index (χ2v) is 9.99. The second kappa shape index (κ2) is 9.84. The first-order valence-electron chi connectivity index (χ1n) is 8.00. The fourth-order valence-corrected chi connectivity index (χ4v) is 4.00. The van der Waals surface area contributed by atoms with Crippen LogP contribution in [0.3, 0.4) is 0 Å². The molecule has 182 valence electrons. The third-order valence-electron chi connectivity index (χ3n) is 3.63. The molecule has 0 amide bonds. The Labute approximate surface area is 177 Å². The van der Waals surface area contributed by atoms with E-state index >= 15 is 0 Å². The van der Waals surface area contributed by atoms with Crippen molar-refractivity contribution in [3.05, 3.63) is 12.7 Å². The van der Waals surface area contributed by atoms with Crippen LogP contribution in [0.2, 0.25) is 0 Å². The zero-order valence-corrected chi connectivity index (χ0v) is 18.2. The topological polar surface area (TPSA) is 317 Å². The maximum absolute atomic E-state index is 10.7. The van der Waals surface area contributed by atoms with Gasteiger partial charge in [-0.25, -0.2) is 33.6 Å². The number of nitrogens with zero attached hydrogens (tertiary/aromatic N) is 4. The van der Waals surface area contributed by atoms with E-state index in [1.54, 1.807) is 0 Å². The lowest BCUT2D eigenvalue weighted by atomic mass is 10.1. The molecular weight excluding hydrogens is 505 g/mol. The van der Waals surface area contributed by atoms with E-state index in [2.05, 4.69) is 23.8 Å². The van der Waals surface area contributed by atoms with Crippen molar-refractivity contribution in [3.8, 4) is 0 Å². The second-order valence-electron chi connectivity index (χ2n) is 6.03. The molecule has 0 bridgehead atoms. The number of rotatable bonds is 6. The van der Waals surface area contributed by atoms with Crippen LogP contribution in [-0.2, 0) is 22.7 Å². The largest absolute Gasteiger partial charge is 0.477 e. The molecular formula is C10H19N6O13P3. The predicted octanol–water partition coefficient (Wildman–Crippen LogP) is -2.26. The Balaban J connectivity index is 0.000000344. The highest BCUT2D eigenvalue weighted by Crippen LogP contribution is 2.54. The molecule has 0 aliphatic carbocycles. The van der Waals surface area contributed by atoms with Gasteiger partial charge in [-0.2, -0.15) is 0 Å². The molecule has 0 aromatic carbocycles. The van der Waals surface area contributed by atoms with Crippen molar-refractivity contribution in [3.63, 3.8) is 0 Å². The summed E-state index contributed by atoms with van der Waals surface area (Å²) >= 11 is 0. The number of anilines is 1. The van der Waals surface area contributed by atoms with Gasteiger partial charge in [0.05, 0.1) is 12.9 Å². The summed E-state index contributed by atoms with van der Waals surface area (Å²) < 4.78 is 34.7. The molecule has 32 heavy (non-hydrogen) atoms. The molecule has 4 atom stereocenters. The molecule has 1 saturated heterocycles. The number of hydrogen-bond donors (Lipinski definition) is 10. The summed E-state index contributed by atoms with van der Waals surface area (Å²) in [6.07, 6.45) is -2.49. The van der Waals surface area contributed by atoms with E-state index in [0.717, 1.165) is 0 Å². The number of hydrogen-bond acceptors (Lipinski definition) is 12. The van der Waals surface area contributed by atoms with Gasteiger partial charge >= 0.3 is 23.4 Å². The highest BCUT2D eigenvalue weighted by molar-refractivity contribution is 7.60. The molecule has 0 unspecified atom stereocenters. The molecule has 0 saturated carbocycles. The van der Waals surface area contributed by atoms with Crippen LogP contribution in [0.4, 0.5) is 5.82 Å². The molecule has 1 aliphatic heterocycles. The summed E-state index contributed by atoms with van der Waals surface area (Å²) in [6.45, 7) is -0.594. The van der Waals surface area contributed by atoms with E-state index in [4.69, 9.17) is 45.0 Å². The lowest BCUT2D eigenvalue weighted by Gasteiger charge is -2.16. The lowest BCUT2D eigenvalue weighted by molar-refractivity contribution is -0.0504. The van der Waals surface area contributed by atoms with Gasteiger partial charge in [0.2, 0.25) is 0 Å². The highest BCUT2D eigenvalue weighted by Gasteiger charge is 2.45. The number of phosphoric acid groups is 2. The minimum absolute atomic E-state index is 0.142. The SMILES string of the molecule is N=P(O)(O)OP(=O)(O)O.Nc1ncnc2c1ncn2[C@@H]1O[C@H](COP(=O)(O)O)[C@@H](O)[C@H]1O. The maximum Gasteiger partial charge on any atom is 0.477 e. The van der Waals surface area contributed by atoms with Crippen molar-refractivity contribution < 1.29 is 62.3 Å². The average Bonchev–Trinajstić information content (AvgIpc) is 3.13. The Hall–Kier alpha value is -1.40. The smallest absolute Gasteiger partial charge is 0.387 e. The first-order chi connectivity index (χ1) is 14.5. The molecule has 0 radical (unpaired) electrons. The fourth-order valence-electron chi connectivity index (χ4n) is 2.47. The molecule has 22 heteroatoms. The zero-order chi connectivity index (χ0) is 24.5. The third-order valence-corrected chi connectivity index (χ3v) is 5.87. The van der Waals surface area contributed by atoms with Crippen LogP contribution in [-0.4, -0.2) is 84.0 Å². The Kier molecular flexibility index (Phi) is 8.26. The van der Waals surface area contributed by atoms with Crippen molar-refractivity contribution in [1.29, 1.82) is 5.16 Å². The van der Waals surface area contributed by atoms with Gasteiger partial charge in [-0.1, -0.05) is 0 Å². The van der Waals surface area contributed by atoms with Gasteiger partial charge in [0, 0.05) is 0 Å². The zero-order valence-electron chi connectivity index (χ0n) is 15.5. The molecule has 2 aromatic rings. The third kappa shape index (κ3) is 7.58. The summed E-state index contributed by atoms with van der Waals surface area (Å²) in [4.78, 5) is 60.8. The van der Waals surface area contributed by atoms with Gasteiger partial charge < -0.3 is 50.0 Å². The number of imidazole rings is 1. The Morgan fingerprint density at radius 1 is 1.06 bits per heavy atom. The first-order valence-corrected chi connectivity index (χ1v) is 12.7. The van der Waals surface area contributed by atoms with Crippen LogP contribution < -0.4 is 5.73 Å². The van der Waals surface area contributed by atoms with Crippen molar-refractivity contribution in [2.75, 3.05) is 12.3 Å². The molecule has 0 spiro atoms. The van der Waals surface area contributed by atoms with Crippen LogP contribution in [0.25, 0.3) is 11.2 Å². The van der Waals surface area contributed by atoms with E-state index in [9.17, 15) is 19.3 Å². The number of nitrogen functional groups attached to an aromatic ring is 1. The Bertz CT molecular complexity index is 1060. The first kappa shape index (κ1) is 26.8. The number of aromatic nitrogens is 4. The van der Waals surface area contributed by atoms with Gasteiger partial charge in [-0.05, 0) is 0 Å². The van der Waals surface area contributed by atoms with Gasteiger partial charge in [0.15, 0.2) is 17.7 Å². The number of nitrogens with one attached hydrogen (secondary N) is 1. The van der Waals surface area contributed by atoms with Crippen molar-refractivity contribution in [1.82, 2.24) is 19.5 Å². The Morgan fingerprint density at radius 3 is 2.19 bits per heavy atom. The van der Waals surface area contributed by atoms with Gasteiger partial charge in [-0.3, -0.25) is 9.09 Å². The summed E-state index contributed by atoms with van der Waals surface area (Å²) in [6, 6.07) is 0. The van der Waals surface area contributed by atoms with E-state index in [1.807, 2.05) is 0 Å². The van der Waals surface area contributed by atoms with Crippen LogP contribution >= 0.6 is 23.4 Å². The highest BCUT2D eigenvalue weighted by atomic mass is 31.3. The number of phosphoric ester groups is 1. The molecule has 19 nitrogen and oxygen atoms in total. The molecule has 1 aliphatic rings. The van der Waals surface area contributed by atoms with E-state index in [1.165, 1.54) is 17.2 Å². The molecule has 3 heterocycles. The summed E-state index contributed by atoms with van der Waals surface area (Å²) in [5.74, 6) is 0.142. The summed E-state index contributed by atoms with van der Waals surface area (Å²) in [5, 5.41) is 26.2. The average molecular weight is 524 g/mol. The van der Waals surface area contributed by atoms with E-state index in [-0.39, 0.29) is 11.5 Å². The lowest BCUT2D eigenvalue weighted by Crippen LogP contribution is -2.33. The van der Waals surface area contributed by atoms with Crippen molar-refractivity contribution >= 4 is 40.4 Å². The van der Waals surface area contributed by atoms with Crippen LogP contribution in [0, 0.1) is 5.16 Å². The molecule has 1 fully saturated rings. The number of aliphatic hydroxyl groups is 2. The number of ether oxygens (including phenoxy) is 1. The van der Waals surface area contributed by atoms with Crippen LogP contribution in [0.5, 0.6) is 0 Å². The predicted molar refractivity (Wildman–Crippen MR) is 101 cm³/mol. The van der Waals surface area contributed by atoms with Crippen molar-refractivity contribution in [2.24, 2.45) is 0 Å².